The topological polar surface area (TPSA) is 54.9 Å². The zero-order valence-electron chi connectivity index (χ0n) is 12.9. The fourth-order valence-corrected chi connectivity index (χ4v) is 2.83. The second-order valence-electron chi connectivity index (χ2n) is 5.22. The fraction of sp³-hybridized carbons (Fsp3) is 0.111. The number of nitrogens with zero attached hydrogens (tertiary/aromatic N) is 1. The Morgan fingerprint density at radius 1 is 0.957 bits per heavy atom. The van der Waals surface area contributed by atoms with Crippen molar-refractivity contribution in [3.8, 4) is 16.9 Å². The normalized spacial score (nSPS) is 10.7. The lowest BCUT2D eigenvalue weighted by molar-refractivity contribution is 0.903. The van der Waals surface area contributed by atoms with Gasteiger partial charge in [-0.1, -0.05) is 29.8 Å². The lowest BCUT2D eigenvalue weighted by atomic mass is 10.1. The first kappa shape index (κ1) is 15.4. The Hall–Kier alpha value is -2.53. The van der Waals surface area contributed by atoms with Crippen molar-refractivity contribution in [3.63, 3.8) is 0 Å². The number of hydrogen-bond donors (Lipinski definition) is 1. The standard InChI is InChI=1S/C18H16N2O2S/c1-12-3-5-13(6-4-12)16-11-17(21)19-18(22)20(16)14-7-9-15(23-2)10-8-14/h3-11H,1-2H3,(H,19,21,22). The second kappa shape index (κ2) is 6.30. The predicted octanol–water partition coefficient (Wildman–Crippen LogP) is 3.22. The van der Waals surface area contributed by atoms with Crippen LogP contribution in [0.1, 0.15) is 5.56 Å². The van der Waals surface area contributed by atoms with Gasteiger partial charge in [-0.2, -0.15) is 0 Å². The van der Waals surface area contributed by atoms with E-state index in [2.05, 4.69) is 4.98 Å². The molecule has 3 rings (SSSR count). The molecule has 1 N–H and O–H groups in total. The van der Waals surface area contributed by atoms with Gasteiger partial charge in [0.2, 0.25) is 0 Å². The van der Waals surface area contributed by atoms with Crippen LogP contribution in [-0.4, -0.2) is 15.8 Å². The van der Waals surface area contributed by atoms with Crippen molar-refractivity contribution in [3.05, 3.63) is 81.0 Å². The third kappa shape index (κ3) is 3.14. The van der Waals surface area contributed by atoms with Gasteiger partial charge in [0.15, 0.2) is 0 Å². The van der Waals surface area contributed by atoms with Crippen molar-refractivity contribution in [2.24, 2.45) is 0 Å². The maximum atomic E-state index is 12.4. The summed E-state index contributed by atoms with van der Waals surface area (Å²) in [5.41, 5.74) is 2.41. The highest BCUT2D eigenvalue weighted by Crippen LogP contribution is 2.22. The number of rotatable bonds is 3. The Balaban J connectivity index is 2.24. The summed E-state index contributed by atoms with van der Waals surface area (Å²) >= 11 is 1.64. The van der Waals surface area contributed by atoms with Crippen molar-refractivity contribution in [1.82, 2.24) is 9.55 Å². The maximum absolute atomic E-state index is 12.4. The highest BCUT2D eigenvalue weighted by Gasteiger charge is 2.10. The van der Waals surface area contributed by atoms with Crippen LogP contribution < -0.4 is 11.2 Å². The van der Waals surface area contributed by atoms with Crippen LogP contribution >= 0.6 is 11.8 Å². The molecule has 0 spiro atoms. The van der Waals surface area contributed by atoms with Gasteiger partial charge in [0.05, 0.1) is 11.4 Å². The molecule has 2 aromatic carbocycles. The third-order valence-corrected chi connectivity index (χ3v) is 4.36. The lowest BCUT2D eigenvalue weighted by Gasteiger charge is -2.13. The van der Waals surface area contributed by atoms with Crippen LogP contribution in [0.5, 0.6) is 0 Å². The summed E-state index contributed by atoms with van der Waals surface area (Å²) in [6, 6.07) is 16.9. The Kier molecular flexibility index (Phi) is 4.21. The summed E-state index contributed by atoms with van der Waals surface area (Å²) in [7, 11) is 0. The number of thioether (sulfide) groups is 1. The highest BCUT2D eigenvalue weighted by molar-refractivity contribution is 7.98. The Morgan fingerprint density at radius 3 is 2.22 bits per heavy atom. The molecule has 1 aromatic heterocycles. The van der Waals surface area contributed by atoms with E-state index in [1.807, 2.05) is 61.7 Å². The van der Waals surface area contributed by atoms with E-state index < -0.39 is 11.2 Å². The molecule has 5 heteroatoms. The van der Waals surface area contributed by atoms with Crippen molar-refractivity contribution < 1.29 is 0 Å². The molecule has 1 heterocycles. The average molecular weight is 324 g/mol. The largest absolute Gasteiger partial charge is 0.333 e. The van der Waals surface area contributed by atoms with Crippen LogP contribution in [0.2, 0.25) is 0 Å². The van der Waals surface area contributed by atoms with E-state index in [1.165, 1.54) is 10.6 Å². The molecule has 0 aliphatic heterocycles. The van der Waals surface area contributed by atoms with Crippen molar-refractivity contribution in [2.45, 2.75) is 11.8 Å². The zero-order valence-corrected chi connectivity index (χ0v) is 13.7. The molecule has 0 amide bonds. The van der Waals surface area contributed by atoms with Gasteiger partial charge in [0.1, 0.15) is 0 Å². The molecule has 0 atom stereocenters. The summed E-state index contributed by atoms with van der Waals surface area (Å²) < 4.78 is 1.52. The molecule has 0 unspecified atom stereocenters. The molecular weight excluding hydrogens is 308 g/mol. The van der Waals surface area contributed by atoms with Crippen LogP contribution in [0, 0.1) is 6.92 Å². The number of nitrogens with one attached hydrogen (secondary N) is 1. The highest BCUT2D eigenvalue weighted by atomic mass is 32.2. The van der Waals surface area contributed by atoms with Gasteiger partial charge in [0.25, 0.3) is 5.56 Å². The quantitative estimate of drug-likeness (QED) is 0.753. The van der Waals surface area contributed by atoms with E-state index in [1.54, 1.807) is 11.8 Å². The van der Waals surface area contributed by atoms with Gasteiger partial charge in [-0.05, 0) is 43.0 Å². The van der Waals surface area contributed by atoms with Gasteiger partial charge in [0, 0.05) is 11.0 Å². The first-order valence-corrected chi connectivity index (χ1v) is 8.39. The van der Waals surface area contributed by atoms with Crippen LogP contribution in [-0.2, 0) is 0 Å². The first-order valence-electron chi connectivity index (χ1n) is 7.16. The molecule has 0 fully saturated rings. The number of aromatic amines is 1. The smallest absolute Gasteiger partial charge is 0.274 e. The molecule has 0 aliphatic carbocycles. The van der Waals surface area contributed by atoms with E-state index in [0.29, 0.717) is 5.69 Å². The number of benzene rings is 2. The summed E-state index contributed by atoms with van der Waals surface area (Å²) in [6.07, 6.45) is 2.00. The summed E-state index contributed by atoms with van der Waals surface area (Å²) in [5, 5.41) is 0. The minimum absolute atomic E-state index is 0.400. The van der Waals surface area contributed by atoms with Gasteiger partial charge in [-0.3, -0.25) is 14.3 Å². The fourth-order valence-electron chi connectivity index (χ4n) is 2.42. The number of aromatic nitrogens is 2. The van der Waals surface area contributed by atoms with E-state index in [-0.39, 0.29) is 0 Å². The summed E-state index contributed by atoms with van der Waals surface area (Å²) in [4.78, 5) is 27.6. The maximum Gasteiger partial charge on any atom is 0.333 e. The number of hydrogen-bond acceptors (Lipinski definition) is 3. The second-order valence-corrected chi connectivity index (χ2v) is 6.10. The van der Waals surface area contributed by atoms with Crippen molar-refractivity contribution >= 4 is 11.8 Å². The Morgan fingerprint density at radius 2 is 1.61 bits per heavy atom. The molecule has 3 aromatic rings. The Labute approximate surface area is 137 Å². The van der Waals surface area contributed by atoms with Crippen LogP contribution in [0.15, 0.2) is 69.1 Å². The summed E-state index contributed by atoms with van der Waals surface area (Å²) in [5.74, 6) is 0. The van der Waals surface area contributed by atoms with Crippen LogP contribution in [0.25, 0.3) is 16.9 Å². The average Bonchev–Trinajstić information content (AvgIpc) is 2.55. The molecule has 0 radical (unpaired) electrons. The van der Waals surface area contributed by atoms with E-state index in [4.69, 9.17) is 0 Å². The van der Waals surface area contributed by atoms with Gasteiger partial charge < -0.3 is 0 Å². The van der Waals surface area contributed by atoms with Crippen LogP contribution in [0.3, 0.4) is 0 Å². The van der Waals surface area contributed by atoms with Gasteiger partial charge in [-0.15, -0.1) is 11.8 Å². The molecular formula is C18H16N2O2S. The first-order chi connectivity index (χ1) is 11.1. The SMILES string of the molecule is CSc1ccc(-n2c(-c3ccc(C)cc3)cc(=O)[nH]c2=O)cc1. The third-order valence-electron chi connectivity index (χ3n) is 3.62. The van der Waals surface area contributed by atoms with E-state index >= 15 is 0 Å². The van der Waals surface area contributed by atoms with Crippen molar-refractivity contribution in [1.29, 1.82) is 0 Å². The predicted molar refractivity (Wildman–Crippen MR) is 94.6 cm³/mol. The van der Waals surface area contributed by atoms with Crippen molar-refractivity contribution in [2.75, 3.05) is 6.26 Å². The molecule has 0 saturated carbocycles. The molecule has 23 heavy (non-hydrogen) atoms. The molecule has 0 aliphatic rings. The number of aryl methyl sites for hydroxylation is 1. The van der Waals surface area contributed by atoms with E-state index in [9.17, 15) is 9.59 Å². The van der Waals surface area contributed by atoms with Gasteiger partial charge >= 0.3 is 5.69 Å². The van der Waals surface area contributed by atoms with Gasteiger partial charge in [-0.25, -0.2) is 4.79 Å². The monoisotopic (exact) mass is 324 g/mol. The number of H-pyrrole nitrogens is 1. The Bertz CT molecular complexity index is 938. The zero-order chi connectivity index (χ0) is 16.4. The molecule has 0 saturated heterocycles. The van der Waals surface area contributed by atoms with Crippen LogP contribution in [0.4, 0.5) is 0 Å². The van der Waals surface area contributed by atoms with E-state index in [0.717, 1.165) is 21.7 Å². The minimum Gasteiger partial charge on any atom is -0.274 e. The molecule has 116 valence electrons. The summed E-state index contributed by atoms with van der Waals surface area (Å²) in [6.45, 7) is 2.00. The minimum atomic E-state index is -0.440. The molecule has 0 bridgehead atoms. The lowest BCUT2D eigenvalue weighted by Crippen LogP contribution is -2.29. The molecule has 4 nitrogen and oxygen atoms in total.